The van der Waals surface area contributed by atoms with Crippen molar-refractivity contribution in [1.82, 2.24) is 10.3 Å². The fraction of sp³-hybridized carbons (Fsp3) is 0.643. The Kier molecular flexibility index (Phi) is 4.13. The van der Waals surface area contributed by atoms with E-state index < -0.39 is 0 Å². The molecule has 1 aromatic heterocycles. The molecule has 0 aromatic carbocycles. The average molecular weight is 234 g/mol. The maximum absolute atomic E-state index is 5.40. The minimum atomic E-state index is 0.399. The van der Waals surface area contributed by atoms with Crippen molar-refractivity contribution in [2.45, 2.75) is 33.2 Å². The normalized spacial score (nSPS) is 19.2. The summed E-state index contributed by atoms with van der Waals surface area (Å²) in [6.45, 7) is 8.14. The number of pyridine rings is 1. The van der Waals surface area contributed by atoms with Gasteiger partial charge in [0.25, 0.3) is 0 Å². The minimum Gasteiger partial charge on any atom is -0.381 e. The summed E-state index contributed by atoms with van der Waals surface area (Å²) in [5.74, 6) is 0. The molecule has 0 saturated carbocycles. The van der Waals surface area contributed by atoms with E-state index in [1.807, 2.05) is 13.1 Å². The first-order chi connectivity index (χ1) is 8.18. The van der Waals surface area contributed by atoms with Gasteiger partial charge in [-0.05, 0) is 36.8 Å². The molecule has 0 atom stereocenters. The van der Waals surface area contributed by atoms with Crippen LogP contribution in [-0.2, 0) is 11.3 Å². The highest BCUT2D eigenvalue weighted by atomic mass is 16.5. The minimum absolute atomic E-state index is 0.399. The van der Waals surface area contributed by atoms with E-state index in [1.54, 1.807) is 0 Å². The predicted molar refractivity (Wildman–Crippen MR) is 68.8 cm³/mol. The molecule has 0 radical (unpaired) electrons. The lowest BCUT2D eigenvalue weighted by molar-refractivity contribution is 0.0240. The molecule has 1 fully saturated rings. The van der Waals surface area contributed by atoms with Gasteiger partial charge in [0.15, 0.2) is 0 Å². The molecular formula is C14H22N2O. The van der Waals surface area contributed by atoms with Gasteiger partial charge in [0, 0.05) is 38.2 Å². The zero-order chi connectivity index (χ0) is 12.1. The van der Waals surface area contributed by atoms with E-state index in [-0.39, 0.29) is 0 Å². The highest BCUT2D eigenvalue weighted by molar-refractivity contribution is 5.12. The number of ether oxygens (including phenoxy) is 1. The van der Waals surface area contributed by atoms with Gasteiger partial charge in [0.1, 0.15) is 0 Å². The Morgan fingerprint density at radius 1 is 1.35 bits per heavy atom. The first kappa shape index (κ1) is 12.5. The van der Waals surface area contributed by atoms with E-state index in [0.29, 0.717) is 5.41 Å². The van der Waals surface area contributed by atoms with E-state index in [0.717, 1.165) is 44.8 Å². The van der Waals surface area contributed by atoms with Crippen molar-refractivity contribution in [2.24, 2.45) is 5.41 Å². The van der Waals surface area contributed by atoms with Crippen molar-refractivity contribution < 1.29 is 4.74 Å². The third-order valence-corrected chi connectivity index (χ3v) is 3.55. The van der Waals surface area contributed by atoms with Crippen LogP contribution in [0.25, 0.3) is 0 Å². The van der Waals surface area contributed by atoms with Gasteiger partial charge in [-0.15, -0.1) is 0 Å². The number of hydrogen-bond donors (Lipinski definition) is 1. The molecule has 0 aliphatic carbocycles. The van der Waals surface area contributed by atoms with Crippen molar-refractivity contribution in [3.05, 3.63) is 29.6 Å². The van der Waals surface area contributed by atoms with E-state index >= 15 is 0 Å². The fourth-order valence-electron chi connectivity index (χ4n) is 2.15. The third-order valence-electron chi connectivity index (χ3n) is 3.55. The second kappa shape index (κ2) is 5.61. The van der Waals surface area contributed by atoms with Gasteiger partial charge in [0.05, 0.1) is 0 Å². The van der Waals surface area contributed by atoms with Crippen LogP contribution in [0.2, 0.25) is 0 Å². The molecule has 3 heteroatoms. The molecule has 0 amide bonds. The Hall–Kier alpha value is -0.930. The highest BCUT2D eigenvalue weighted by Gasteiger charge is 2.26. The summed E-state index contributed by atoms with van der Waals surface area (Å²) in [5, 5.41) is 3.54. The molecule has 1 aliphatic heterocycles. The number of nitrogens with zero attached hydrogens (tertiary/aromatic N) is 1. The van der Waals surface area contributed by atoms with E-state index in [4.69, 9.17) is 4.74 Å². The Labute approximate surface area is 104 Å². The van der Waals surface area contributed by atoms with Gasteiger partial charge >= 0.3 is 0 Å². The standard InChI is InChI=1S/C14H22N2O/c1-12-3-4-13(10-16-12)9-15-11-14(2)5-7-17-8-6-14/h3-4,10,15H,5-9,11H2,1-2H3. The van der Waals surface area contributed by atoms with Crippen LogP contribution in [0.3, 0.4) is 0 Å². The maximum Gasteiger partial charge on any atom is 0.0471 e. The summed E-state index contributed by atoms with van der Waals surface area (Å²) in [5.41, 5.74) is 2.73. The van der Waals surface area contributed by atoms with Crippen molar-refractivity contribution in [2.75, 3.05) is 19.8 Å². The van der Waals surface area contributed by atoms with E-state index in [1.165, 1.54) is 5.56 Å². The zero-order valence-electron chi connectivity index (χ0n) is 10.8. The predicted octanol–water partition coefficient (Wildman–Crippen LogP) is 2.30. The molecule has 1 N–H and O–H groups in total. The molecule has 0 bridgehead atoms. The fourth-order valence-corrected chi connectivity index (χ4v) is 2.15. The number of aryl methyl sites for hydroxylation is 1. The lowest BCUT2D eigenvalue weighted by atomic mass is 9.82. The lowest BCUT2D eigenvalue weighted by Gasteiger charge is -2.33. The van der Waals surface area contributed by atoms with Crippen LogP contribution in [0.15, 0.2) is 18.3 Å². The average Bonchev–Trinajstić information content (AvgIpc) is 2.32. The third kappa shape index (κ3) is 3.79. The first-order valence-corrected chi connectivity index (χ1v) is 6.38. The molecule has 1 aromatic rings. The van der Waals surface area contributed by atoms with Crippen LogP contribution in [0.5, 0.6) is 0 Å². The van der Waals surface area contributed by atoms with Crippen LogP contribution >= 0.6 is 0 Å². The largest absolute Gasteiger partial charge is 0.381 e. The van der Waals surface area contributed by atoms with Crippen molar-refractivity contribution in [3.63, 3.8) is 0 Å². The Balaban J connectivity index is 1.77. The van der Waals surface area contributed by atoms with E-state index in [9.17, 15) is 0 Å². The lowest BCUT2D eigenvalue weighted by Crippen LogP contribution is -2.36. The number of nitrogens with one attached hydrogen (secondary N) is 1. The Morgan fingerprint density at radius 3 is 2.76 bits per heavy atom. The molecule has 1 saturated heterocycles. The molecule has 2 heterocycles. The summed E-state index contributed by atoms with van der Waals surface area (Å²) in [6.07, 6.45) is 4.27. The maximum atomic E-state index is 5.40. The van der Waals surface area contributed by atoms with Crippen LogP contribution in [0.1, 0.15) is 31.0 Å². The molecule has 0 unspecified atom stereocenters. The number of rotatable bonds is 4. The van der Waals surface area contributed by atoms with Gasteiger partial charge in [-0.2, -0.15) is 0 Å². The van der Waals surface area contributed by atoms with Crippen LogP contribution in [0.4, 0.5) is 0 Å². The second-order valence-corrected chi connectivity index (χ2v) is 5.33. The summed E-state index contributed by atoms with van der Waals surface area (Å²) in [6, 6.07) is 4.20. The number of hydrogen-bond acceptors (Lipinski definition) is 3. The number of aromatic nitrogens is 1. The van der Waals surface area contributed by atoms with Gasteiger partial charge in [-0.1, -0.05) is 13.0 Å². The first-order valence-electron chi connectivity index (χ1n) is 6.38. The zero-order valence-corrected chi connectivity index (χ0v) is 10.8. The molecule has 0 spiro atoms. The molecule has 17 heavy (non-hydrogen) atoms. The van der Waals surface area contributed by atoms with Crippen molar-refractivity contribution in [1.29, 1.82) is 0 Å². The Morgan fingerprint density at radius 2 is 2.12 bits per heavy atom. The quantitative estimate of drug-likeness (QED) is 0.868. The Bertz CT molecular complexity index is 342. The molecule has 3 nitrogen and oxygen atoms in total. The molecular weight excluding hydrogens is 212 g/mol. The van der Waals surface area contributed by atoms with Gasteiger partial charge in [-0.25, -0.2) is 0 Å². The van der Waals surface area contributed by atoms with Crippen molar-refractivity contribution in [3.8, 4) is 0 Å². The highest BCUT2D eigenvalue weighted by Crippen LogP contribution is 2.28. The van der Waals surface area contributed by atoms with Crippen molar-refractivity contribution >= 4 is 0 Å². The molecule has 1 aliphatic rings. The van der Waals surface area contributed by atoms with Gasteiger partial charge < -0.3 is 10.1 Å². The summed E-state index contributed by atoms with van der Waals surface area (Å²) in [7, 11) is 0. The second-order valence-electron chi connectivity index (χ2n) is 5.33. The topological polar surface area (TPSA) is 34.1 Å². The summed E-state index contributed by atoms with van der Waals surface area (Å²) < 4.78 is 5.40. The smallest absolute Gasteiger partial charge is 0.0471 e. The SMILES string of the molecule is Cc1ccc(CNCC2(C)CCOCC2)cn1. The van der Waals surface area contributed by atoms with Gasteiger partial charge in [-0.3, -0.25) is 4.98 Å². The molecule has 2 rings (SSSR count). The van der Waals surface area contributed by atoms with Gasteiger partial charge in [0.2, 0.25) is 0 Å². The molecule has 94 valence electrons. The van der Waals surface area contributed by atoms with Crippen LogP contribution in [0, 0.1) is 12.3 Å². The van der Waals surface area contributed by atoms with E-state index in [2.05, 4.69) is 29.4 Å². The van der Waals surface area contributed by atoms with Crippen LogP contribution in [-0.4, -0.2) is 24.7 Å². The summed E-state index contributed by atoms with van der Waals surface area (Å²) >= 11 is 0. The summed E-state index contributed by atoms with van der Waals surface area (Å²) in [4.78, 5) is 4.30. The monoisotopic (exact) mass is 234 g/mol. The van der Waals surface area contributed by atoms with Crippen LogP contribution < -0.4 is 5.32 Å².